The minimum atomic E-state index is -0.543. The first-order chi connectivity index (χ1) is 8.90. The van der Waals surface area contributed by atoms with Gasteiger partial charge in [-0.25, -0.2) is 0 Å². The van der Waals surface area contributed by atoms with Crippen LogP contribution in [0.25, 0.3) is 0 Å². The summed E-state index contributed by atoms with van der Waals surface area (Å²) in [6, 6.07) is 0. The van der Waals surface area contributed by atoms with Crippen molar-refractivity contribution in [2.75, 3.05) is 12.4 Å². The molecule has 0 aromatic heterocycles. The van der Waals surface area contributed by atoms with Gasteiger partial charge in [0.15, 0.2) is 0 Å². The van der Waals surface area contributed by atoms with E-state index in [1.54, 1.807) is 0 Å². The van der Waals surface area contributed by atoms with Crippen molar-refractivity contribution in [1.29, 1.82) is 0 Å². The molecule has 4 heteroatoms. The first-order valence-corrected chi connectivity index (χ1v) is 16.6. The molecule has 2 nitrogen and oxygen atoms in total. The summed E-state index contributed by atoms with van der Waals surface area (Å²) >= 11 is 3.50. The monoisotopic (exact) mass is 397 g/mol. The third kappa shape index (κ3) is 27.7. The van der Waals surface area contributed by atoms with Crippen molar-refractivity contribution in [3.8, 4) is 0 Å². The number of carbonyl (C=O) groups excluding carboxylic acids is 1. The third-order valence-corrected chi connectivity index (χ3v) is 2.54. The zero-order valence-electron chi connectivity index (χ0n) is 13.5. The van der Waals surface area contributed by atoms with Crippen molar-refractivity contribution in [3.63, 3.8) is 0 Å². The zero-order chi connectivity index (χ0) is 15.1. The Kier molecular flexibility index (Phi) is 19.2. The summed E-state index contributed by atoms with van der Waals surface area (Å²) < 4.78 is 5.08. The van der Waals surface area contributed by atoms with E-state index in [4.69, 9.17) is 4.74 Å². The summed E-state index contributed by atoms with van der Waals surface area (Å²) in [5, 5.41) is 0. The van der Waals surface area contributed by atoms with E-state index in [-0.39, 0.29) is 5.97 Å². The molecule has 0 aromatic rings. The Labute approximate surface area is 133 Å². The van der Waals surface area contributed by atoms with Crippen LogP contribution in [0.15, 0.2) is 0 Å². The molecule has 0 unspecified atom stereocenters. The molecule has 0 fully saturated rings. The average Bonchev–Trinajstić information content (AvgIpc) is 2.29. The van der Waals surface area contributed by atoms with Crippen molar-refractivity contribution in [3.05, 3.63) is 0 Å². The summed E-state index contributed by atoms with van der Waals surface area (Å²) in [4.78, 5) is 18.2. The molecule has 0 saturated carbocycles. The van der Waals surface area contributed by atoms with Crippen LogP contribution in [0, 0.1) is 5.92 Å². The molecule has 0 amide bonds. The van der Waals surface area contributed by atoms with Gasteiger partial charge in [-0.2, -0.15) is 12.6 Å². The molecule has 19 heavy (non-hydrogen) atoms. The van der Waals surface area contributed by atoms with Gasteiger partial charge in [0.05, 0.1) is 6.61 Å². The molecule has 0 aliphatic carbocycles. The molecule has 1 radical (unpaired) electrons. The third-order valence-electron chi connectivity index (χ3n) is 2.23. The Hall–Kier alpha value is 0.619. The molecule has 115 valence electrons. The van der Waals surface area contributed by atoms with Crippen LogP contribution in [0.5, 0.6) is 0 Å². The van der Waals surface area contributed by atoms with E-state index in [9.17, 15) is 4.79 Å². The summed E-state index contributed by atoms with van der Waals surface area (Å²) in [5.74, 6) is 1.46. The van der Waals surface area contributed by atoms with Gasteiger partial charge in [0, 0.05) is 6.42 Å². The van der Waals surface area contributed by atoms with E-state index in [1.165, 1.54) is 12.8 Å². The number of thiol groups is 1. The van der Waals surface area contributed by atoms with Gasteiger partial charge in [0.1, 0.15) is 0 Å². The van der Waals surface area contributed by atoms with Crippen molar-refractivity contribution in [2.24, 2.45) is 5.92 Å². The van der Waals surface area contributed by atoms with Gasteiger partial charge in [-0.05, 0) is 24.5 Å². The second-order valence-electron chi connectivity index (χ2n) is 5.79. The van der Waals surface area contributed by atoms with Gasteiger partial charge < -0.3 is 4.74 Å². The van der Waals surface area contributed by atoms with Gasteiger partial charge in [-0.15, -0.1) is 0 Å². The minimum absolute atomic E-state index is 0.0760. The number of ether oxygens (including phenoxy) is 1. The fourth-order valence-electron chi connectivity index (χ4n) is 1.31. The molecule has 0 heterocycles. The molecule has 0 aliphatic heterocycles. The van der Waals surface area contributed by atoms with Crippen LogP contribution in [0.4, 0.5) is 0 Å². The van der Waals surface area contributed by atoms with Gasteiger partial charge in [-0.1, -0.05) is 33.1 Å². The van der Waals surface area contributed by atoms with E-state index < -0.39 is 19.8 Å². The molecular weight excluding hydrogens is 363 g/mol. The topological polar surface area (TPSA) is 26.3 Å². The first-order valence-electron chi connectivity index (χ1n) is 7.43. The summed E-state index contributed by atoms with van der Waals surface area (Å²) in [6.07, 6.45) is 6.00. The number of unbranched alkanes of at least 4 members (excludes halogenated alkanes) is 2. The first kappa shape index (κ1) is 21.9. The maximum atomic E-state index is 11.1. The fourth-order valence-corrected chi connectivity index (χ4v) is 1.47. The van der Waals surface area contributed by atoms with Crippen LogP contribution in [0.1, 0.15) is 52.4 Å². The Bertz CT molecular complexity index is 194. The molecule has 0 aliphatic rings. The zero-order valence-corrected chi connectivity index (χ0v) is 17.2. The molecule has 0 aromatic carbocycles. The Morgan fingerprint density at radius 3 is 2.16 bits per heavy atom. The van der Waals surface area contributed by atoms with Crippen molar-refractivity contribution < 1.29 is 9.53 Å². The van der Waals surface area contributed by atoms with Gasteiger partial charge in [-0.3, -0.25) is 4.79 Å². The number of rotatable bonds is 9. The van der Waals surface area contributed by atoms with Gasteiger partial charge in [0.25, 0.3) is 0 Å². The van der Waals surface area contributed by atoms with E-state index in [0.717, 1.165) is 30.9 Å². The van der Waals surface area contributed by atoms with Crippen LogP contribution in [-0.2, 0) is 9.53 Å². The Morgan fingerprint density at radius 1 is 1.11 bits per heavy atom. The average molecular weight is 396 g/mol. The van der Waals surface area contributed by atoms with Crippen LogP contribution >= 0.6 is 12.6 Å². The van der Waals surface area contributed by atoms with E-state index >= 15 is 0 Å². The van der Waals surface area contributed by atoms with Crippen LogP contribution in [-0.4, -0.2) is 38.1 Å². The van der Waals surface area contributed by atoms with E-state index in [2.05, 4.69) is 41.3 Å². The molecule has 0 spiro atoms. The molecule has 0 rings (SSSR count). The molecular formula is C15H33O2SSn. The summed E-state index contributed by atoms with van der Waals surface area (Å²) in [5.41, 5.74) is 0. The maximum absolute atomic E-state index is 11.1. The predicted octanol–water partition coefficient (Wildman–Crippen LogP) is 4.83. The molecule has 0 bridgehead atoms. The normalized spacial score (nSPS) is 10.3. The summed E-state index contributed by atoms with van der Waals surface area (Å²) in [7, 11) is 0. The van der Waals surface area contributed by atoms with Crippen molar-refractivity contribution in [2.45, 2.75) is 67.2 Å². The van der Waals surface area contributed by atoms with Crippen LogP contribution in [0.2, 0.25) is 14.8 Å². The number of hydrogen-bond donors (Lipinski definition) is 1. The van der Waals surface area contributed by atoms with Gasteiger partial charge >= 0.3 is 40.5 Å². The molecule has 0 saturated heterocycles. The number of carbonyl (C=O) groups is 1. The number of esters is 1. The molecule has 0 N–H and O–H groups in total. The quantitative estimate of drug-likeness (QED) is 0.262. The standard InChI is InChI=1S/C12H24O2S.3CH3.Sn/c1-11(2)7-4-3-5-9-14-12(13)8-6-10-15;;;;/h11,15H,3-10H2,1-2H3;3*1H3;. The van der Waals surface area contributed by atoms with Gasteiger partial charge in [0.2, 0.25) is 0 Å². The second-order valence-corrected chi connectivity index (χ2v) is 14.8. The Balaban J connectivity index is 0. The molecule has 0 atom stereocenters. The van der Waals surface area contributed by atoms with E-state index in [1.807, 2.05) is 0 Å². The van der Waals surface area contributed by atoms with Crippen LogP contribution in [0.3, 0.4) is 0 Å². The Morgan fingerprint density at radius 2 is 1.68 bits per heavy atom. The van der Waals surface area contributed by atoms with Crippen LogP contribution < -0.4 is 0 Å². The summed E-state index contributed by atoms with van der Waals surface area (Å²) in [6.45, 7) is 5.05. The van der Waals surface area contributed by atoms with Crippen molar-refractivity contribution in [1.82, 2.24) is 0 Å². The fraction of sp³-hybridized carbons (Fsp3) is 0.933. The predicted molar refractivity (Wildman–Crippen MR) is 90.7 cm³/mol. The SMILES string of the molecule is CC(C)CCCCCOC(=O)CCCS.[CH3][Sn]([CH3])[CH3]. The second kappa shape index (κ2) is 16.7. The number of hydrogen-bond acceptors (Lipinski definition) is 3. The van der Waals surface area contributed by atoms with Crippen molar-refractivity contribution >= 4 is 38.4 Å². The van der Waals surface area contributed by atoms with E-state index in [0.29, 0.717) is 13.0 Å².